The standard InChI is InChI=1S/C11H22O2/c1-2-3-4-5-6-11(12)7-9-13-10-8-11/h12H,2-10H2,1H3. The van der Waals surface area contributed by atoms with Crippen LogP contribution in [0.25, 0.3) is 0 Å². The van der Waals surface area contributed by atoms with Gasteiger partial charge in [0.15, 0.2) is 0 Å². The average Bonchev–Trinajstić information content (AvgIpc) is 2.14. The molecule has 0 aromatic rings. The Bertz CT molecular complexity index is 128. The summed E-state index contributed by atoms with van der Waals surface area (Å²) in [4.78, 5) is 0. The minimum atomic E-state index is -0.397. The van der Waals surface area contributed by atoms with Gasteiger partial charge in [-0.3, -0.25) is 0 Å². The highest BCUT2D eigenvalue weighted by Crippen LogP contribution is 2.26. The summed E-state index contributed by atoms with van der Waals surface area (Å²) in [6.45, 7) is 3.69. The van der Waals surface area contributed by atoms with E-state index in [4.69, 9.17) is 4.74 Å². The van der Waals surface area contributed by atoms with Gasteiger partial charge in [-0.2, -0.15) is 0 Å². The Morgan fingerprint density at radius 3 is 2.46 bits per heavy atom. The van der Waals surface area contributed by atoms with Crippen LogP contribution in [0.4, 0.5) is 0 Å². The van der Waals surface area contributed by atoms with Gasteiger partial charge in [0.1, 0.15) is 0 Å². The molecular formula is C11H22O2. The Morgan fingerprint density at radius 1 is 1.15 bits per heavy atom. The zero-order valence-corrected chi connectivity index (χ0v) is 8.72. The van der Waals surface area contributed by atoms with Gasteiger partial charge in [-0.15, -0.1) is 0 Å². The highest BCUT2D eigenvalue weighted by Gasteiger charge is 2.28. The Hall–Kier alpha value is -0.0800. The summed E-state index contributed by atoms with van der Waals surface area (Å²) in [7, 11) is 0. The normalized spacial score (nSPS) is 21.7. The highest BCUT2D eigenvalue weighted by atomic mass is 16.5. The van der Waals surface area contributed by atoms with Crippen LogP contribution in [-0.2, 0) is 4.74 Å². The summed E-state index contributed by atoms with van der Waals surface area (Å²) in [6.07, 6.45) is 7.63. The van der Waals surface area contributed by atoms with Crippen molar-refractivity contribution in [3.05, 3.63) is 0 Å². The lowest BCUT2D eigenvalue weighted by atomic mass is 9.88. The maximum atomic E-state index is 10.1. The molecule has 0 radical (unpaired) electrons. The van der Waals surface area contributed by atoms with Crippen LogP contribution in [0.15, 0.2) is 0 Å². The summed E-state index contributed by atoms with van der Waals surface area (Å²) in [5.74, 6) is 0. The Morgan fingerprint density at radius 2 is 1.85 bits per heavy atom. The van der Waals surface area contributed by atoms with Crippen molar-refractivity contribution >= 4 is 0 Å². The molecule has 0 aromatic carbocycles. The van der Waals surface area contributed by atoms with E-state index in [-0.39, 0.29) is 0 Å². The molecule has 1 rings (SSSR count). The molecule has 0 aromatic heterocycles. The summed E-state index contributed by atoms with van der Waals surface area (Å²) >= 11 is 0. The molecule has 1 aliphatic rings. The quantitative estimate of drug-likeness (QED) is 0.668. The monoisotopic (exact) mass is 186 g/mol. The molecule has 1 fully saturated rings. The molecule has 0 spiro atoms. The van der Waals surface area contributed by atoms with E-state index in [1.807, 2.05) is 0 Å². The maximum Gasteiger partial charge on any atom is 0.0691 e. The van der Waals surface area contributed by atoms with Gasteiger partial charge in [-0.1, -0.05) is 32.6 Å². The van der Waals surface area contributed by atoms with Crippen LogP contribution in [-0.4, -0.2) is 23.9 Å². The first-order valence-electron chi connectivity index (χ1n) is 5.57. The Kier molecular flexibility index (Phi) is 4.74. The number of rotatable bonds is 5. The van der Waals surface area contributed by atoms with E-state index in [0.717, 1.165) is 32.5 Å². The van der Waals surface area contributed by atoms with Gasteiger partial charge in [-0.05, 0) is 19.3 Å². The predicted octanol–water partition coefficient (Wildman–Crippen LogP) is 2.50. The second-order valence-electron chi connectivity index (χ2n) is 4.15. The third kappa shape index (κ3) is 4.10. The van der Waals surface area contributed by atoms with Crippen LogP contribution in [0.2, 0.25) is 0 Å². The first kappa shape index (κ1) is 11.0. The summed E-state index contributed by atoms with van der Waals surface area (Å²) < 4.78 is 5.23. The molecule has 2 heteroatoms. The fraction of sp³-hybridized carbons (Fsp3) is 1.00. The van der Waals surface area contributed by atoms with E-state index >= 15 is 0 Å². The van der Waals surface area contributed by atoms with Gasteiger partial charge in [-0.25, -0.2) is 0 Å². The summed E-state index contributed by atoms with van der Waals surface area (Å²) in [5, 5.41) is 10.1. The van der Waals surface area contributed by atoms with Crippen LogP contribution in [0, 0.1) is 0 Å². The van der Waals surface area contributed by atoms with Crippen LogP contribution < -0.4 is 0 Å². The molecule has 13 heavy (non-hydrogen) atoms. The number of unbranched alkanes of at least 4 members (excludes halogenated alkanes) is 3. The fourth-order valence-corrected chi connectivity index (χ4v) is 1.88. The van der Waals surface area contributed by atoms with Gasteiger partial charge < -0.3 is 9.84 Å². The van der Waals surface area contributed by atoms with E-state index in [1.165, 1.54) is 25.7 Å². The van der Waals surface area contributed by atoms with Crippen LogP contribution >= 0.6 is 0 Å². The summed E-state index contributed by atoms with van der Waals surface area (Å²) in [5.41, 5.74) is -0.397. The molecular weight excluding hydrogens is 164 g/mol. The van der Waals surface area contributed by atoms with Crippen molar-refractivity contribution in [1.29, 1.82) is 0 Å². The van der Waals surface area contributed by atoms with E-state index < -0.39 is 5.60 Å². The van der Waals surface area contributed by atoms with Gasteiger partial charge in [0, 0.05) is 13.2 Å². The van der Waals surface area contributed by atoms with Crippen molar-refractivity contribution in [2.24, 2.45) is 0 Å². The molecule has 0 unspecified atom stereocenters. The first-order chi connectivity index (χ1) is 6.27. The second-order valence-corrected chi connectivity index (χ2v) is 4.15. The van der Waals surface area contributed by atoms with Gasteiger partial charge >= 0.3 is 0 Å². The summed E-state index contributed by atoms with van der Waals surface area (Å²) in [6, 6.07) is 0. The van der Waals surface area contributed by atoms with Crippen molar-refractivity contribution in [3.63, 3.8) is 0 Å². The third-order valence-electron chi connectivity index (χ3n) is 2.92. The van der Waals surface area contributed by atoms with Gasteiger partial charge in [0.25, 0.3) is 0 Å². The smallest absolute Gasteiger partial charge is 0.0691 e. The predicted molar refractivity (Wildman–Crippen MR) is 53.8 cm³/mol. The van der Waals surface area contributed by atoms with Crippen molar-refractivity contribution in [2.75, 3.05) is 13.2 Å². The van der Waals surface area contributed by atoms with Crippen molar-refractivity contribution < 1.29 is 9.84 Å². The molecule has 1 heterocycles. The van der Waals surface area contributed by atoms with Gasteiger partial charge in [0.05, 0.1) is 5.60 Å². The number of aliphatic hydroxyl groups is 1. The lowest BCUT2D eigenvalue weighted by Crippen LogP contribution is -2.35. The zero-order valence-electron chi connectivity index (χ0n) is 8.72. The van der Waals surface area contributed by atoms with Crippen molar-refractivity contribution in [3.8, 4) is 0 Å². The minimum Gasteiger partial charge on any atom is -0.390 e. The van der Waals surface area contributed by atoms with Crippen LogP contribution in [0.1, 0.15) is 51.9 Å². The van der Waals surface area contributed by atoms with E-state index in [1.54, 1.807) is 0 Å². The Balaban J connectivity index is 2.10. The average molecular weight is 186 g/mol. The van der Waals surface area contributed by atoms with Crippen LogP contribution in [0.5, 0.6) is 0 Å². The van der Waals surface area contributed by atoms with Crippen molar-refractivity contribution in [2.45, 2.75) is 57.5 Å². The molecule has 0 aliphatic carbocycles. The molecule has 2 nitrogen and oxygen atoms in total. The number of hydrogen-bond acceptors (Lipinski definition) is 2. The first-order valence-corrected chi connectivity index (χ1v) is 5.57. The molecule has 0 bridgehead atoms. The van der Waals surface area contributed by atoms with E-state index in [0.29, 0.717) is 0 Å². The number of hydrogen-bond donors (Lipinski definition) is 1. The lowest BCUT2D eigenvalue weighted by Gasteiger charge is -2.32. The zero-order chi connectivity index (χ0) is 9.57. The van der Waals surface area contributed by atoms with E-state index in [9.17, 15) is 5.11 Å². The molecule has 0 saturated carbocycles. The van der Waals surface area contributed by atoms with Gasteiger partial charge in [0.2, 0.25) is 0 Å². The largest absolute Gasteiger partial charge is 0.390 e. The molecule has 0 amide bonds. The third-order valence-corrected chi connectivity index (χ3v) is 2.92. The minimum absolute atomic E-state index is 0.397. The van der Waals surface area contributed by atoms with Crippen LogP contribution in [0.3, 0.4) is 0 Å². The fourth-order valence-electron chi connectivity index (χ4n) is 1.88. The molecule has 1 saturated heterocycles. The maximum absolute atomic E-state index is 10.1. The molecule has 1 N–H and O–H groups in total. The highest BCUT2D eigenvalue weighted by molar-refractivity contribution is 4.80. The lowest BCUT2D eigenvalue weighted by molar-refractivity contribution is -0.0690. The Labute approximate surface area is 81.3 Å². The second kappa shape index (κ2) is 5.61. The van der Waals surface area contributed by atoms with Crippen molar-refractivity contribution in [1.82, 2.24) is 0 Å². The van der Waals surface area contributed by atoms with E-state index in [2.05, 4.69) is 6.92 Å². The topological polar surface area (TPSA) is 29.5 Å². The molecule has 1 aliphatic heterocycles. The molecule has 0 atom stereocenters. The molecule has 78 valence electrons. The SMILES string of the molecule is CCCCCCC1(O)CCOCC1. The number of ether oxygens (including phenoxy) is 1.